The standard InChI is InChI=1S/C18H26N4O4S/c23-16(19-9-12-3-1-7-25-12)11-22-6-5-13-15(10-22)27-18(20-13)21-17(24)14-4-2-8-26-14/h12,14H,1-11H2,(H,19,23)(H,20,21,24). The van der Waals surface area contributed by atoms with Crippen molar-refractivity contribution in [2.45, 2.75) is 50.9 Å². The van der Waals surface area contributed by atoms with Gasteiger partial charge in [0.25, 0.3) is 5.91 Å². The Balaban J connectivity index is 1.26. The van der Waals surface area contributed by atoms with Crippen LogP contribution in [-0.2, 0) is 32.0 Å². The van der Waals surface area contributed by atoms with Gasteiger partial charge in [0.15, 0.2) is 5.13 Å². The largest absolute Gasteiger partial charge is 0.376 e. The molecule has 2 atom stereocenters. The molecule has 0 radical (unpaired) electrons. The summed E-state index contributed by atoms with van der Waals surface area (Å²) in [6.07, 6.45) is 4.40. The van der Waals surface area contributed by atoms with Crippen molar-refractivity contribution in [3.05, 3.63) is 10.6 Å². The highest BCUT2D eigenvalue weighted by Crippen LogP contribution is 2.28. The predicted octanol–water partition coefficient (Wildman–Crippen LogP) is 0.914. The summed E-state index contributed by atoms with van der Waals surface area (Å²) in [4.78, 5) is 32.2. The number of amides is 2. The minimum atomic E-state index is -0.352. The highest BCUT2D eigenvalue weighted by Gasteiger charge is 2.27. The van der Waals surface area contributed by atoms with Crippen LogP contribution in [0.15, 0.2) is 0 Å². The zero-order valence-corrected chi connectivity index (χ0v) is 16.2. The van der Waals surface area contributed by atoms with Crippen molar-refractivity contribution in [2.24, 2.45) is 0 Å². The molecular formula is C18H26N4O4S. The second-order valence-corrected chi connectivity index (χ2v) is 8.36. The van der Waals surface area contributed by atoms with Crippen molar-refractivity contribution in [1.82, 2.24) is 15.2 Å². The van der Waals surface area contributed by atoms with Gasteiger partial charge in [-0.15, -0.1) is 11.3 Å². The van der Waals surface area contributed by atoms with Gasteiger partial charge in [0.05, 0.1) is 18.3 Å². The number of ether oxygens (including phenoxy) is 2. The second kappa shape index (κ2) is 8.64. The molecule has 0 aromatic carbocycles. The molecule has 8 nitrogen and oxygen atoms in total. The lowest BCUT2D eigenvalue weighted by Crippen LogP contribution is -2.41. The molecular weight excluding hydrogens is 368 g/mol. The van der Waals surface area contributed by atoms with E-state index in [1.807, 2.05) is 0 Å². The number of carbonyl (C=O) groups is 2. The number of anilines is 1. The Morgan fingerprint density at radius 2 is 2.07 bits per heavy atom. The zero-order chi connectivity index (χ0) is 18.6. The topological polar surface area (TPSA) is 92.8 Å². The third-order valence-electron chi connectivity index (χ3n) is 5.18. The second-order valence-electron chi connectivity index (χ2n) is 7.28. The van der Waals surface area contributed by atoms with Crippen LogP contribution in [-0.4, -0.2) is 66.8 Å². The van der Waals surface area contributed by atoms with Crippen molar-refractivity contribution in [3.63, 3.8) is 0 Å². The Labute approximate surface area is 162 Å². The quantitative estimate of drug-likeness (QED) is 0.745. The zero-order valence-electron chi connectivity index (χ0n) is 15.4. The van der Waals surface area contributed by atoms with Gasteiger partial charge in [0.2, 0.25) is 5.91 Å². The number of nitrogens with one attached hydrogen (secondary N) is 2. The fraction of sp³-hybridized carbons (Fsp3) is 0.722. The Bertz CT molecular complexity index is 683. The van der Waals surface area contributed by atoms with Crippen molar-refractivity contribution < 1.29 is 19.1 Å². The van der Waals surface area contributed by atoms with Gasteiger partial charge in [-0.1, -0.05) is 0 Å². The van der Waals surface area contributed by atoms with Gasteiger partial charge in [0.1, 0.15) is 6.10 Å². The first-order valence-corrected chi connectivity index (χ1v) is 10.5. The lowest BCUT2D eigenvalue weighted by Gasteiger charge is -2.25. The average molecular weight is 394 g/mol. The van der Waals surface area contributed by atoms with Crippen LogP contribution in [0.5, 0.6) is 0 Å². The van der Waals surface area contributed by atoms with Gasteiger partial charge in [-0.05, 0) is 25.7 Å². The van der Waals surface area contributed by atoms with E-state index in [0.717, 1.165) is 55.8 Å². The van der Waals surface area contributed by atoms with E-state index < -0.39 is 0 Å². The van der Waals surface area contributed by atoms with E-state index >= 15 is 0 Å². The van der Waals surface area contributed by atoms with Crippen LogP contribution < -0.4 is 10.6 Å². The maximum Gasteiger partial charge on any atom is 0.255 e. The fourth-order valence-corrected chi connectivity index (χ4v) is 4.75. The first kappa shape index (κ1) is 18.8. The molecule has 2 fully saturated rings. The van der Waals surface area contributed by atoms with E-state index in [-0.39, 0.29) is 24.0 Å². The minimum absolute atomic E-state index is 0.0328. The Kier molecular flexibility index (Phi) is 6.01. The van der Waals surface area contributed by atoms with E-state index in [1.54, 1.807) is 0 Å². The molecule has 0 spiro atoms. The van der Waals surface area contributed by atoms with E-state index in [0.29, 0.717) is 31.4 Å². The number of fused-ring (bicyclic) bond motifs is 1. The molecule has 0 aliphatic carbocycles. The van der Waals surface area contributed by atoms with Crippen molar-refractivity contribution in [1.29, 1.82) is 0 Å². The van der Waals surface area contributed by atoms with E-state index in [1.165, 1.54) is 11.3 Å². The maximum absolute atomic E-state index is 12.2. The van der Waals surface area contributed by atoms with Crippen LogP contribution in [0, 0.1) is 0 Å². The van der Waals surface area contributed by atoms with Crippen LogP contribution in [0.25, 0.3) is 0 Å². The summed E-state index contributed by atoms with van der Waals surface area (Å²) in [6.45, 7) is 3.90. The SMILES string of the molecule is O=C(CN1CCc2nc(NC(=O)C3CCCO3)sc2C1)NCC1CCCO1. The summed E-state index contributed by atoms with van der Waals surface area (Å²) < 4.78 is 10.9. The molecule has 148 valence electrons. The molecule has 2 amide bonds. The van der Waals surface area contributed by atoms with Gasteiger partial charge in [0, 0.05) is 44.1 Å². The average Bonchev–Trinajstić information content (AvgIpc) is 3.40. The first-order chi connectivity index (χ1) is 13.2. The van der Waals surface area contributed by atoms with E-state index in [2.05, 4.69) is 20.5 Å². The Hall–Kier alpha value is -1.55. The summed E-state index contributed by atoms with van der Waals surface area (Å²) in [6, 6.07) is 0. The summed E-state index contributed by atoms with van der Waals surface area (Å²) in [5.41, 5.74) is 1.03. The highest BCUT2D eigenvalue weighted by atomic mass is 32.1. The molecule has 27 heavy (non-hydrogen) atoms. The molecule has 4 heterocycles. The lowest BCUT2D eigenvalue weighted by atomic mass is 10.2. The maximum atomic E-state index is 12.2. The molecule has 2 unspecified atom stereocenters. The van der Waals surface area contributed by atoms with Crippen LogP contribution in [0.4, 0.5) is 5.13 Å². The number of aromatic nitrogens is 1. The van der Waals surface area contributed by atoms with E-state index in [9.17, 15) is 9.59 Å². The van der Waals surface area contributed by atoms with Crippen LogP contribution >= 0.6 is 11.3 Å². The number of hydrogen-bond acceptors (Lipinski definition) is 7. The molecule has 3 aliphatic rings. The van der Waals surface area contributed by atoms with Crippen LogP contribution in [0.3, 0.4) is 0 Å². The predicted molar refractivity (Wildman–Crippen MR) is 101 cm³/mol. The monoisotopic (exact) mass is 394 g/mol. The summed E-state index contributed by atoms with van der Waals surface area (Å²) in [7, 11) is 0. The third kappa shape index (κ3) is 4.84. The normalized spacial score (nSPS) is 25.3. The number of carbonyl (C=O) groups excluding carboxylic acids is 2. The van der Waals surface area contributed by atoms with Gasteiger partial charge in [-0.2, -0.15) is 0 Å². The van der Waals surface area contributed by atoms with E-state index in [4.69, 9.17) is 9.47 Å². The first-order valence-electron chi connectivity index (χ1n) is 9.69. The number of hydrogen-bond donors (Lipinski definition) is 2. The minimum Gasteiger partial charge on any atom is -0.376 e. The fourth-order valence-electron chi connectivity index (χ4n) is 3.70. The molecule has 0 saturated carbocycles. The van der Waals surface area contributed by atoms with Crippen molar-refractivity contribution in [3.8, 4) is 0 Å². The Morgan fingerprint density at radius 3 is 2.85 bits per heavy atom. The summed E-state index contributed by atoms with van der Waals surface area (Å²) in [5.74, 6) is -0.0747. The summed E-state index contributed by atoms with van der Waals surface area (Å²) in [5, 5.41) is 6.48. The molecule has 4 rings (SSSR count). The van der Waals surface area contributed by atoms with Crippen LogP contribution in [0.1, 0.15) is 36.3 Å². The van der Waals surface area contributed by atoms with Crippen molar-refractivity contribution >= 4 is 28.3 Å². The molecule has 9 heteroatoms. The number of nitrogens with zero attached hydrogens (tertiary/aromatic N) is 2. The van der Waals surface area contributed by atoms with Gasteiger partial charge in [-0.25, -0.2) is 4.98 Å². The number of rotatable bonds is 6. The van der Waals surface area contributed by atoms with Crippen molar-refractivity contribution in [2.75, 3.05) is 38.2 Å². The Morgan fingerprint density at radius 1 is 1.22 bits per heavy atom. The molecule has 2 saturated heterocycles. The molecule has 1 aromatic rings. The molecule has 0 bridgehead atoms. The van der Waals surface area contributed by atoms with Crippen LogP contribution in [0.2, 0.25) is 0 Å². The smallest absolute Gasteiger partial charge is 0.255 e. The molecule has 1 aromatic heterocycles. The van der Waals surface area contributed by atoms with Gasteiger partial charge >= 0.3 is 0 Å². The highest BCUT2D eigenvalue weighted by molar-refractivity contribution is 7.15. The summed E-state index contributed by atoms with van der Waals surface area (Å²) >= 11 is 1.50. The molecule has 3 aliphatic heterocycles. The lowest BCUT2D eigenvalue weighted by molar-refractivity contribution is -0.125. The number of thiazole rings is 1. The molecule has 2 N–H and O–H groups in total. The van der Waals surface area contributed by atoms with Gasteiger partial charge < -0.3 is 14.8 Å². The van der Waals surface area contributed by atoms with Gasteiger partial charge in [-0.3, -0.25) is 19.8 Å². The third-order valence-corrected chi connectivity index (χ3v) is 6.18.